The molecular formula is C29H32N6O2S. The quantitative estimate of drug-likeness (QED) is 0.249. The van der Waals surface area contributed by atoms with Gasteiger partial charge in [0.15, 0.2) is 5.82 Å². The third kappa shape index (κ3) is 5.69. The first-order valence-electron chi connectivity index (χ1n) is 12.9. The van der Waals surface area contributed by atoms with Gasteiger partial charge in [-0.15, -0.1) is 16.4 Å². The van der Waals surface area contributed by atoms with E-state index in [9.17, 15) is 4.79 Å². The number of aromatic amines is 1. The molecule has 0 spiro atoms. The number of thiophene rings is 1. The maximum Gasteiger partial charge on any atom is 0.252 e. The number of benzene rings is 2. The number of fused-ring (bicyclic) bond motifs is 1. The SMILES string of the molecule is CCc1ccc2[nH]c(=O)c(CN(Cc3cccs3)[C@@H](CC)c3nnnn3Cc3ccc(OC)cc3)cc2c1. The van der Waals surface area contributed by atoms with Gasteiger partial charge in [-0.3, -0.25) is 9.69 Å². The van der Waals surface area contributed by atoms with Crippen LogP contribution >= 0.6 is 11.3 Å². The van der Waals surface area contributed by atoms with E-state index >= 15 is 0 Å². The maximum atomic E-state index is 13.1. The monoisotopic (exact) mass is 528 g/mol. The first-order valence-corrected chi connectivity index (χ1v) is 13.8. The molecule has 0 radical (unpaired) electrons. The fourth-order valence-corrected chi connectivity index (χ4v) is 5.54. The molecule has 8 nitrogen and oxygen atoms in total. The molecule has 9 heteroatoms. The van der Waals surface area contributed by atoms with Gasteiger partial charge in [0.25, 0.3) is 5.56 Å². The van der Waals surface area contributed by atoms with Crippen molar-refractivity contribution in [3.05, 3.63) is 104 Å². The summed E-state index contributed by atoms with van der Waals surface area (Å²) in [5.74, 6) is 1.59. The van der Waals surface area contributed by atoms with Gasteiger partial charge in [0.2, 0.25) is 0 Å². The van der Waals surface area contributed by atoms with E-state index in [0.29, 0.717) is 19.6 Å². The Labute approximate surface area is 225 Å². The molecule has 0 amide bonds. The summed E-state index contributed by atoms with van der Waals surface area (Å²) in [6.07, 6.45) is 1.74. The van der Waals surface area contributed by atoms with Crippen LogP contribution in [0, 0.1) is 0 Å². The average Bonchev–Trinajstić information content (AvgIpc) is 3.62. The zero-order valence-electron chi connectivity index (χ0n) is 21.9. The molecular weight excluding hydrogens is 496 g/mol. The van der Waals surface area contributed by atoms with Gasteiger partial charge in [-0.2, -0.15) is 0 Å². The van der Waals surface area contributed by atoms with E-state index in [-0.39, 0.29) is 11.6 Å². The molecule has 5 aromatic rings. The first-order chi connectivity index (χ1) is 18.6. The molecule has 0 saturated heterocycles. The smallest absolute Gasteiger partial charge is 0.252 e. The molecule has 2 aromatic carbocycles. The highest BCUT2D eigenvalue weighted by Gasteiger charge is 2.26. The van der Waals surface area contributed by atoms with Crippen LogP contribution in [0.5, 0.6) is 5.75 Å². The third-order valence-electron chi connectivity index (χ3n) is 6.88. The highest BCUT2D eigenvalue weighted by molar-refractivity contribution is 7.09. The van der Waals surface area contributed by atoms with E-state index in [2.05, 4.69) is 68.9 Å². The van der Waals surface area contributed by atoms with Crippen LogP contribution in [0.25, 0.3) is 10.9 Å². The zero-order chi connectivity index (χ0) is 26.5. The Bertz CT molecular complexity index is 1540. The predicted molar refractivity (Wildman–Crippen MR) is 150 cm³/mol. The number of ether oxygens (including phenoxy) is 1. The highest BCUT2D eigenvalue weighted by Crippen LogP contribution is 2.28. The number of pyridine rings is 1. The summed E-state index contributed by atoms with van der Waals surface area (Å²) < 4.78 is 7.15. The standard InChI is InChI=1S/C29H32N6O2S/c1-4-20-10-13-26-22(15-20)16-23(29(36)30-26)18-34(19-25-7-6-14-38-25)27(5-2)28-31-32-33-35(28)17-21-8-11-24(37-3)12-9-21/h6-16,27H,4-5,17-19H2,1-3H3,(H,30,36)/t27-/m0/s1. The second-order valence-corrected chi connectivity index (χ2v) is 10.4. The van der Waals surface area contributed by atoms with E-state index < -0.39 is 0 Å². The maximum absolute atomic E-state index is 13.1. The van der Waals surface area contributed by atoms with Gasteiger partial charge >= 0.3 is 0 Å². The lowest BCUT2D eigenvalue weighted by molar-refractivity contribution is 0.163. The fourth-order valence-electron chi connectivity index (χ4n) is 4.81. The van der Waals surface area contributed by atoms with Crippen LogP contribution in [0.4, 0.5) is 0 Å². The lowest BCUT2D eigenvalue weighted by Gasteiger charge is -2.30. The molecule has 3 aromatic heterocycles. The molecule has 0 fully saturated rings. The Balaban J connectivity index is 1.48. The van der Waals surface area contributed by atoms with Gasteiger partial charge in [0.05, 0.1) is 19.7 Å². The largest absolute Gasteiger partial charge is 0.497 e. The number of methoxy groups -OCH3 is 1. The number of tetrazole rings is 1. The molecule has 0 unspecified atom stereocenters. The van der Waals surface area contributed by atoms with Crippen molar-refractivity contribution in [3.63, 3.8) is 0 Å². The number of aryl methyl sites for hydroxylation is 1. The third-order valence-corrected chi connectivity index (χ3v) is 7.74. The van der Waals surface area contributed by atoms with Crippen LogP contribution in [0.2, 0.25) is 0 Å². The molecule has 0 aliphatic rings. The summed E-state index contributed by atoms with van der Waals surface area (Å²) in [5.41, 5.74) is 3.85. The Kier molecular flexibility index (Phi) is 7.95. The van der Waals surface area contributed by atoms with Crippen molar-refractivity contribution in [2.24, 2.45) is 0 Å². The molecule has 0 bridgehead atoms. The van der Waals surface area contributed by atoms with Crippen LogP contribution in [0.15, 0.2) is 70.8 Å². The highest BCUT2D eigenvalue weighted by atomic mass is 32.1. The predicted octanol–water partition coefficient (Wildman–Crippen LogP) is 5.35. The van der Waals surface area contributed by atoms with Gasteiger partial charge < -0.3 is 9.72 Å². The molecule has 1 atom stereocenters. The topological polar surface area (TPSA) is 88.9 Å². The van der Waals surface area contributed by atoms with Crippen LogP contribution in [-0.4, -0.2) is 37.2 Å². The van der Waals surface area contributed by atoms with Crippen molar-refractivity contribution >= 4 is 22.2 Å². The summed E-state index contributed by atoms with van der Waals surface area (Å²) in [6, 6.07) is 20.3. The van der Waals surface area contributed by atoms with Gasteiger partial charge in [-0.1, -0.05) is 38.1 Å². The second-order valence-electron chi connectivity index (χ2n) is 9.35. The van der Waals surface area contributed by atoms with Crippen molar-refractivity contribution in [1.82, 2.24) is 30.1 Å². The Morgan fingerprint density at radius 2 is 1.87 bits per heavy atom. The normalized spacial score (nSPS) is 12.3. The zero-order valence-corrected chi connectivity index (χ0v) is 22.7. The van der Waals surface area contributed by atoms with Crippen LogP contribution in [-0.2, 0) is 26.1 Å². The van der Waals surface area contributed by atoms with Crippen LogP contribution in [0.1, 0.15) is 53.7 Å². The summed E-state index contributed by atoms with van der Waals surface area (Å²) in [4.78, 5) is 19.8. The molecule has 196 valence electrons. The number of nitrogens with zero attached hydrogens (tertiary/aromatic N) is 5. The summed E-state index contributed by atoms with van der Waals surface area (Å²) in [5, 5.41) is 15.9. The molecule has 1 N–H and O–H groups in total. The van der Waals surface area contributed by atoms with E-state index in [1.165, 1.54) is 10.4 Å². The molecule has 0 aliphatic heterocycles. The van der Waals surface area contributed by atoms with Crippen molar-refractivity contribution in [2.75, 3.05) is 7.11 Å². The van der Waals surface area contributed by atoms with Gasteiger partial charge in [-0.05, 0) is 81.6 Å². The van der Waals surface area contributed by atoms with Crippen molar-refractivity contribution in [1.29, 1.82) is 0 Å². The molecule has 0 aliphatic carbocycles. The average molecular weight is 529 g/mol. The minimum absolute atomic E-state index is 0.0643. The minimum Gasteiger partial charge on any atom is -0.497 e. The second kappa shape index (κ2) is 11.7. The number of nitrogens with one attached hydrogen (secondary N) is 1. The van der Waals surface area contributed by atoms with Crippen molar-refractivity contribution in [2.45, 2.75) is 52.4 Å². The first kappa shape index (κ1) is 25.8. The Hall–Kier alpha value is -3.82. The number of hydrogen-bond acceptors (Lipinski definition) is 7. The Morgan fingerprint density at radius 1 is 1.05 bits per heavy atom. The van der Waals surface area contributed by atoms with Gasteiger partial charge in [0.1, 0.15) is 5.75 Å². The fraction of sp³-hybridized carbons (Fsp3) is 0.310. The van der Waals surface area contributed by atoms with Gasteiger partial charge in [0, 0.05) is 29.0 Å². The number of hydrogen-bond donors (Lipinski definition) is 1. The van der Waals surface area contributed by atoms with E-state index in [1.807, 2.05) is 41.1 Å². The lowest BCUT2D eigenvalue weighted by atomic mass is 10.1. The van der Waals surface area contributed by atoms with E-state index in [1.54, 1.807) is 18.4 Å². The van der Waals surface area contributed by atoms with Crippen LogP contribution in [0.3, 0.4) is 0 Å². The van der Waals surface area contributed by atoms with Crippen molar-refractivity contribution < 1.29 is 4.74 Å². The minimum atomic E-state index is -0.0811. The summed E-state index contributed by atoms with van der Waals surface area (Å²) in [7, 11) is 1.66. The van der Waals surface area contributed by atoms with Crippen molar-refractivity contribution in [3.8, 4) is 5.75 Å². The van der Waals surface area contributed by atoms with E-state index in [4.69, 9.17) is 4.74 Å². The number of aromatic nitrogens is 5. The summed E-state index contributed by atoms with van der Waals surface area (Å²) >= 11 is 1.71. The Morgan fingerprint density at radius 3 is 2.58 bits per heavy atom. The van der Waals surface area contributed by atoms with Gasteiger partial charge in [-0.25, -0.2) is 4.68 Å². The summed E-state index contributed by atoms with van der Waals surface area (Å²) in [6.45, 7) is 5.99. The lowest BCUT2D eigenvalue weighted by Crippen LogP contribution is -2.32. The number of H-pyrrole nitrogens is 1. The molecule has 38 heavy (non-hydrogen) atoms. The number of rotatable bonds is 11. The molecule has 3 heterocycles. The molecule has 0 saturated carbocycles. The van der Waals surface area contributed by atoms with Crippen LogP contribution < -0.4 is 10.3 Å². The van der Waals surface area contributed by atoms with E-state index in [0.717, 1.165) is 46.4 Å². The molecule has 5 rings (SSSR count).